The molecule has 0 aromatic rings. The van der Waals surface area contributed by atoms with Gasteiger partial charge in [0.1, 0.15) is 0 Å². The van der Waals surface area contributed by atoms with E-state index < -0.39 is 18.0 Å². The molecule has 0 spiro atoms. The summed E-state index contributed by atoms with van der Waals surface area (Å²) in [6.07, 6.45) is 5.32. The number of hydrogen-bond donors (Lipinski definition) is 0. The number of ether oxygens (including phenoxy) is 1. The van der Waals surface area contributed by atoms with Crippen LogP contribution in [-0.2, 0) is 19.2 Å². The molecular formula is C16H23NO5. The highest BCUT2D eigenvalue weighted by Gasteiger charge is 2.49. The third kappa shape index (κ3) is 3.87. The van der Waals surface area contributed by atoms with Crippen molar-refractivity contribution < 1.29 is 24.0 Å². The first-order valence-corrected chi connectivity index (χ1v) is 7.89. The van der Waals surface area contributed by atoms with E-state index >= 15 is 0 Å². The van der Waals surface area contributed by atoms with Crippen LogP contribution in [0.5, 0.6) is 0 Å². The average Bonchev–Trinajstić information content (AvgIpc) is 3.07. The highest BCUT2D eigenvalue weighted by molar-refractivity contribution is 6.01. The highest BCUT2D eigenvalue weighted by atomic mass is 16.8. The lowest BCUT2D eigenvalue weighted by atomic mass is 10.1. The third-order valence-corrected chi connectivity index (χ3v) is 4.40. The van der Waals surface area contributed by atoms with Crippen LogP contribution in [0.15, 0.2) is 12.7 Å². The lowest BCUT2D eigenvalue weighted by Gasteiger charge is -2.12. The van der Waals surface area contributed by atoms with Crippen molar-refractivity contribution in [2.24, 2.45) is 17.8 Å². The Labute approximate surface area is 130 Å². The van der Waals surface area contributed by atoms with E-state index in [2.05, 4.69) is 18.3 Å². The molecule has 0 N–H and O–H groups in total. The van der Waals surface area contributed by atoms with Gasteiger partial charge >= 0.3 is 6.16 Å². The number of carbonyl (C=O) groups excluding carboxylic acids is 3. The van der Waals surface area contributed by atoms with Crippen LogP contribution in [0.1, 0.15) is 45.4 Å². The SMILES string of the molecule is C=CCC[C@H]1[C@@H](CCC)[C@H]1COC(=O)ON1C(=O)CCC1=O. The molecule has 1 heterocycles. The molecule has 122 valence electrons. The van der Waals surface area contributed by atoms with Gasteiger partial charge in [-0.05, 0) is 30.6 Å². The molecule has 0 radical (unpaired) electrons. The van der Waals surface area contributed by atoms with Gasteiger partial charge < -0.3 is 4.74 Å². The quantitative estimate of drug-likeness (QED) is 0.391. The molecule has 2 rings (SSSR count). The van der Waals surface area contributed by atoms with Crippen LogP contribution >= 0.6 is 0 Å². The van der Waals surface area contributed by atoms with Crippen LogP contribution in [0.3, 0.4) is 0 Å². The Morgan fingerprint density at radius 3 is 2.45 bits per heavy atom. The third-order valence-electron chi connectivity index (χ3n) is 4.40. The zero-order valence-electron chi connectivity index (χ0n) is 13.0. The fourth-order valence-corrected chi connectivity index (χ4v) is 3.19. The number of hydrogen-bond acceptors (Lipinski definition) is 5. The van der Waals surface area contributed by atoms with Gasteiger partial charge in [-0.15, -0.1) is 6.58 Å². The Hall–Kier alpha value is -1.85. The molecule has 1 aliphatic carbocycles. The molecule has 3 atom stereocenters. The smallest absolute Gasteiger partial charge is 0.432 e. The maximum absolute atomic E-state index is 11.6. The van der Waals surface area contributed by atoms with Crippen molar-refractivity contribution in [1.82, 2.24) is 5.06 Å². The van der Waals surface area contributed by atoms with Crippen LogP contribution in [0.4, 0.5) is 4.79 Å². The highest BCUT2D eigenvalue weighted by Crippen LogP contribution is 2.52. The second kappa shape index (κ2) is 7.42. The lowest BCUT2D eigenvalue weighted by Crippen LogP contribution is -2.32. The number of hydroxylamine groups is 2. The first-order valence-electron chi connectivity index (χ1n) is 7.89. The molecule has 0 aromatic carbocycles. The van der Waals surface area contributed by atoms with Crippen LogP contribution in [0.2, 0.25) is 0 Å². The summed E-state index contributed by atoms with van der Waals surface area (Å²) in [5, 5.41) is 0.508. The van der Waals surface area contributed by atoms with Gasteiger partial charge in [0.2, 0.25) is 0 Å². The van der Waals surface area contributed by atoms with Crippen molar-refractivity contribution in [3.8, 4) is 0 Å². The summed E-state index contributed by atoms with van der Waals surface area (Å²) >= 11 is 0. The van der Waals surface area contributed by atoms with Gasteiger partial charge in [-0.1, -0.05) is 30.9 Å². The predicted octanol–water partition coefficient (Wildman–Crippen LogP) is 2.83. The van der Waals surface area contributed by atoms with Gasteiger partial charge in [0.05, 0.1) is 6.61 Å². The standard InChI is InChI=1S/C16H23NO5/c1-3-5-7-12-11(6-4-2)13(12)10-21-16(20)22-17-14(18)8-9-15(17)19/h3,11-13H,1,4-10H2,2H3/t11-,12+,13-/m1/s1. The number of rotatable bonds is 8. The van der Waals surface area contributed by atoms with Gasteiger partial charge in [0, 0.05) is 12.8 Å². The van der Waals surface area contributed by atoms with E-state index in [-0.39, 0.29) is 19.4 Å². The Balaban J connectivity index is 1.74. The number of nitrogens with zero attached hydrogens (tertiary/aromatic N) is 1. The minimum Gasteiger partial charge on any atom is -0.432 e. The normalized spacial score (nSPS) is 27.0. The predicted molar refractivity (Wildman–Crippen MR) is 78.3 cm³/mol. The molecule has 6 heteroatoms. The van der Waals surface area contributed by atoms with Crippen LogP contribution in [0, 0.1) is 17.8 Å². The van der Waals surface area contributed by atoms with Crippen molar-refractivity contribution in [1.29, 1.82) is 0 Å². The van der Waals surface area contributed by atoms with Gasteiger partial charge in [-0.2, -0.15) is 0 Å². The number of allylic oxidation sites excluding steroid dienone is 1. The monoisotopic (exact) mass is 309 g/mol. The molecule has 1 saturated carbocycles. The number of amides is 2. The van der Waals surface area contributed by atoms with E-state index in [0.29, 0.717) is 22.8 Å². The average molecular weight is 309 g/mol. The summed E-state index contributed by atoms with van der Waals surface area (Å²) in [6.45, 7) is 6.15. The van der Waals surface area contributed by atoms with Crippen LogP contribution in [-0.4, -0.2) is 29.6 Å². The lowest BCUT2D eigenvalue weighted by molar-refractivity contribution is -0.177. The fraction of sp³-hybridized carbons (Fsp3) is 0.688. The second-order valence-corrected chi connectivity index (χ2v) is 5.88. The molecule has 2 fully saturated rings. The number of imide groups is 1. The zero-order valence-corrected chi connectivity index (χ0v) is 13.0. The molecule has 0 bridgehead atoms. The molecule has 2 aliphatic rings. The van der Waals surface area contributed by atoms with Gasteiger partial charge in [0.15, 0.2) is 0 Å². The Bertz CT molecular complexity index is 445. The van der Waals surface area contributed by atoms with E-state index in [1.165, 1.54) is 0 Å². The van der Waals surface area contributed by atoms with Crippen molar-refractivity contribution in [2.75, 3.05) is 6.61 Å². The van der Waals surface area contributed by atoms with Crippen molar-refractivity contribution in [3.05, 3.63) is 12.7 Å². The molecule has 6 nitrogen and oxygen atoms in total. The van der Waals surface area contributed by atoms with Gasteiger partial charge in [0.25, 0.3) is 11.8 Å². The van der Waals surface area contributed by atoms with E-state index in [1.54, 1.807) is 0 Å². The maximum atomic E-state index is 11.6. The van der Waals surface area contributed by atoms with Crippen molar-refractivity contribution >= 4 is 18.0 Å². The summed E-state index contributed by atoms with van der Waals surface area (Å²) < 4.78 is 5.08. The molecule has 1 aliphatic heterocycles. The summed E-state index contributed by atoms with van der Waals surface area (Å²) in [4.78, 5) is 39.0. The van der Waals surface area contributed by atoms with E-state index in [0.717, 1.165) is 25.7 Å². The zero-order chi connectivity index (χ0) is 16.1. The van der Waals surface area contributed by atoms with Crippen molar-refractivity contribution in [2.45, 2.75) is 45.4 Å². The Morgan fingerprint density at radius 1 is 1.23 bits per heavy atom. The minimum absolute atomic E-state index is 0.0803. The topological polar surface area (TPSA) is 72.9 Å². The molecule has 1 saturated heterocycles. The first kappa shape index (κ1) is 16.5. The molecule has 2 amide bonds. The van der Waals surface area contributed by atoms with E-state index in [1.807, 2.05) is 6.08 Å². The van der Waals surface area contributed by atoms with E-state index in [9.17, 15) is 14.4 Å². The van der Waals surface area contributed by atoms with Crippen LogP contribution in [0.25, 0.3) is 0 Å². The molecule has 22 heavy (non-hydrogen) atoms. The summed E-state index contributed by atoms with van der Waals surface area (Å²) in [7, 11) is 0. The molecule has 0 unspecified atom stereocenters. The van der Waals surface area contributed by atoms with E-state index in [4.69, 9.17) is 4.74 Å². The Kier molecular flexibility index (Phi) is 5.57. The molecular weight excluding hydrogens is 286 g/mol. The summed E-state index contributed by atoms with van der Waals surface area (Å²) in [6, 6.07) is 0. The Morgan fingerprint density at radius 2 is 1.86 bits per heavy atom. The molecule has 0 aromatic heterocycles. The fourth-order valence-electron chi connectivity index (χ4n) is 3.19. The van der Waals surface area contributed by atoms with Crippen molar-refractivity contribution in [3.63, 3.8) is 0 Å². The maximum Gasteiger partial charge on any atom is 0.533 e. The first-order chi connectivity index (χ1) is 10.6. The summed E-state index contributed by atoms with van der Waals surface area (Å²) in [5.74, 6) is 0.480. The van der Waals surface area contributed by atoms with Crippen LogP contribution < -0.4 is 0 Å². The van der Waals surface area contributed by atoms with Gasteiger partial charge in [-0.25, -0.2) is 4.79 Å². The number of carbonyl (C=O) groups is 3. The summed E-state index contributed by atoms with van der Waals surface area (Å²) in [5.41, 5.74) is 0. The minimum atomic E-state index is -0.979. The largest absolute Gasteiger partial charge is 0.533 e. The van der Waals surface area contributed by atoms with Gasteiger partial charge in [-0.3, -0.25) is 14.4 Å². The second-order valence-electron chi connectivity index (χ2n) is 5.88.